The van der Waals surface area contributed by atoms with Crippen molar-refractivity contribution in [2.24, 2.45) is 0 Å². The van der Waals surface area contributed by atoms with E-state index in [9.17, 15) is 14.5 Å². The predicted molar refractivity (Wildman–Crippen MR) is 75.9 cm³/mol. The zero-order valence-corrected chi connectivity index (χ0v) is 12.5. The molecule has 122 valence electrons. The van der Waals surface area contributed by atoms with E-state index in [2.05, 4.69) is 15.0 Å². The number of hydrogen-bond acceptors (Lipinski definition) is 7. The molecule has 1 atom stereocenters. The summed E-state index contributed by atoms with van der Waals surface area (Å²) in [4.78, 5) is 39.4. The summed E-state index contributed by atoms with van der Waals surface area (Å²) in [6.07, 6.45) is 0.566. The van der Waals surface area contributed by atoms with Gasteiger partial charge in [-0.15, -0.1) is 0 Å². The van der Waals surface area contributed by atoms with E-state index in [1.807, 2.05) is 0 Å². The van der Waals surface area contributed by atoms with Gasteiger partial charge in [0.15, 0.2) is 11.2 Å². The Morgan fingerprint density at radius 1 is 1.55 bits per heavy atom. The third kappa shape index (κ3) is 3.34. The lowest BCUT2D eigenvalue weighted by Crippen LogP contribution is -2.35. The first-order valence-corrected chi connectivity index (χ1v) is 8.01. The molecule has 0 radical (unpaired) electrons. The summed E-state index contributed by atoms with van der Waals surface area (Å²) in [5.74, 6) is -2.12. The lowest BCUT2D eigenvalue weighted by atomic mass is 10.2. The van der Waals surface area contributed by atoms with Gasteiger partial charge in [-0.1, -0.05) is 0 Å². The Hall–Kier alpha value is -1.78. The lowest BCUT2D eigenvalue weighted by Gasteiger charge is -2.27. The molecule has 0 aromatic carbocycles. The number of ether oxygens (including phenoxy) is 1. The van der Waals surface area contributed by atoms with E-state index in [0.29, 0.717) is 0 Å². The number of nitrogen functional groups attached to an aromatic ring is 1. The molecule has 0 aliphatic carbocycles. The molecule has 0 bridgehead atoms. The van der Waals surface area contributed by atoms with Crippen molar-refractivity contribution in [3.63, 3.8) is 0 Å². The van der Waals surface area contributed by atoms with Gasteiger partial charge in [0.1, 0.15) is 6.33 Å². The Morgan fingerprint density at radius 2 is 2.23 bits per heavy atom. The van der Waals surface area contributed by atoms with Crippen LogP contribution in [0.2, 0.25) is 0 Å². The Balaban J connectivity index is 2.38. The summed E-state index contributed by atoms with van der Waals surface area (Å²) in [5, 5.41) is 10.5. The highest BCUT2D eigenvalue weighted by atomic mass is 31.2. The first-order valence-electron chi connectivity index (χ1n) is 6.22. The molecule has 11 nitrogen and oxygen atoms in total. The number of H-pyrrole nitrogens is 1. The molecule has 2 aromatic heterocycles. The number of nitrogens with zero attached hydrogens (tertiary/aromatic N) is 3. The van der Waals surface area contributed by atoms with Crippen molar-refractivity contribution in [3.05, 3.63) is 16.7 Å². The molecule has 6 N–H and O–H groups in total. The number of nitrogens with two attached hydrogens (primary N) is 1. The van der Waals surface area contributed by atoms with Crippen LogP contribution in [-0.4, -0.2) is 47.7 Å². The van der Waals surface area contributed by atoms with Gasteiger partial charge >= 0.3 is 7.60 Å². The van der Waals surface area contributed by atoms with Crippen molar-refractivity contribution >= 4 is 24.7 Å². The van der Waals surface area contributed by atoms with Crippen LogP contribution in [0.25, 0.3) is 11.2 Å². The molecule has 2 aromatic rings. The maximum Gasteiger partial charge on any atom is 0.325 e. The number of rotatable bonds is 6. The highest BCUT2D eigenvalue weighted by Gasteiger charge is 2.32. The van der Waals surface area contributed by atoms with Gasteiger partial charge in [-0.3, -0.25) is 18.9 Å². The summed E-state index contributed by atoms with van der Waals surface area (Å²) in [5.41, 5.74) is 4.85. The Bertz CT molecular complexity index is 782. The summed E-state index contributed by atoms with van der Waals surface area (Å²) in [7, 11) is -2.98. The Morgan fingerprint density at radius 3 is 2.82 bits per heavy atom. The number of hydrogen-bond donors (Lipinski definition) is 5. The number of aliphatic hydroxyl groups is 1. The second-order valence-electron chi connectivity index (χ2n) is 4.68. The maximum atomic E-state index is 11.7. The monoisotopic (exact) mass is 333 g/mol. The molecule has 0 aliphatic rings. The van der Waals surface area contributed by atoms with Crippen LogP contribution < -0.4 is 11.3 Å². The zero-order chi connectivity index (χ0) is 16.5. The number of nitrogens with one attached hydrogen (secondary N) is 1. The molecule has 2 heterocycles. The van der Waals surface area contributed by atoms with E-state index in [1.165, 1.54) is 7.11 Å². The van der Waals surface area contributed by atoms with E-state index in [0.717, 1.165) is 10.9 Å². The normalized spacial score (nSPS) is 15.1. The van der Waals surface area contributed by atoms with Gasteiger partial charge in [0.2, 0.25) is 5.95 Å². The first kappa shape index (κ1) is 16.6. The summed E-state index contributed by atoms with van der Waals surface area (Å²) in [6.45, 7) is 0. The number of methoxy groups -OCH3 is 1. The number of anilines is 1. The van der Waals surface area contributed by atoms with Crippen LogP contribution in [0.3, 0.4) is 0 Å². The molecule has 2 rings (SSSR count). The van der Waals surface area contributed by atoms with Crippen LogP contribution in [-0.2, 0) is 15.2 Å². The van der Waals surface area contributed by atoms with Crippen molar-refractivity contribution in [3.8, 4) is 0 Å². The molecule has 12 heteroatoms. The van der Waals surface area contributed by atoms with Crippen LogP contribution in [0.4, 0.5) is 5.95 Å². The fourth-order valence-electron chi connectivity index (χ4n) is 2.02. The minimum absolute atomic E-state index is 0.00165. The maximum absolute atomic E-state index is 11.7. The van der Waals surface area contributed by atoms with E-state index < -0.39 is 25.2 Å². The average molecular weight is 333 g/mol. The van der Waals surface area contributed by atoms with Gasteiger partial charge in [-0.2, -0.15) is 4.98 Å². The third-order valence-electron chi connectivity index (χ3n) is 3.08. The highest BCUT2D eigenvalue weighted by molar-refractivity contribution is 7.51. The lowest BCUT2D eigenvalue weighted by molar-refractivity contribution is -0.251. The molecule has 0 saturated carbocycles. The van der Waals surface area contributed by atoms with Gasteiger partial charge in [-0.25, -0.2) is 4.98 Å². The Labute approximate surface area is 123 Å². The molecular weight excluding hydrogens is 317 g/mol. The van der Waals surface area contributed by atoms with Crippen molar-refractivity contribution in [1.29, 1.82) is 0 Å². The largest absolute Gasteiger partial charge is 0.369 e. The van der Waals surface area contributed by atoms with E-state index in [-0.39, 0.29) is 30.0 Å². The molecule has 0 spiro atoms. The van der Waals surface area contributed by atoms with E-state index in [1.54, 1.807) is 0 Å². The van der Waals surface area contributed by atoms with Crippen LogP contribution >= 0.6 is 7.60 Å². The minimum atomic E-state index is -4.18. The molecule has 0 saturated heterocycles. The summed E-state index contributed by atoms with van der Waals surface area (Å²) >= 11 is 0. The molecule has 1 unspecified atom stereocenters. The van der Waals surface area contributed by atoms with Crippen molar-refractivity contribution in [1.82, 2.24) is 19.5 Å². The SMILES string of the molecule is COC(O)(CCCP(=O)(O)O)n1cnc2c(=O)[nH]c(N)nc21. The third-order valence-corrected chi connectivity index (χ3v) is 3.98. The van der Waals surface area contributed by atoms with Gasteiger partial charge in [0.05, 0.1) is 6.16 Å². The smallest absolute Gasteiger partial charge is 0.325 e. The Kier molecular flexibility index (Phi) is 4.36. The van der Waals surface area contributed by atoms with Gasteiger partial charge < -0.3 is 25.4 Å². The average Bonchev–Trinajstić information content (AvgIpc) is 2.81. The molecule has 0 fully saturated rings. The van der Waals surface area contributed by atoms with E-state index >= 15 is 0 Å². The molecule has 0 amide bonds. The zero-order valence-electron chi connectivity index (χ0n) is 11.6. The first-order chi connectivity index (χ1) is 10.2. The standard InChI is InChI=1S/C10H16N5O6P/c1-21-10(17,3-2-4-22(18,19)20)15-5-12-6-7(15)13-9(11)14-8(6)16/h5,17H,2-4H2,1H3,(H2,18,19,20)(H3,11,13,14,16). The summed E-state index contributed by atoms with van der Waals surface area (Å²) < 4.78 is 17.0. The minimum Gasteiger partial charge on any atom is -0.369 e. The van der Waals surface area contributed by atoms with Crippen LogP contribution in [0.1, 0.15) is 12.8 Å². The van der Waals surface area contributed by atoms with Crippen molar-refractivity contribution in [2.45, 2.75) is 18.8 Å². The van der Waals surface area contributed by atoms with Crippen LogP contribution in [0.15, 0.2) is 11.1 Å². The van der Waals surface area contributed by atoms with Crippen LogP contribution in [0, 0.1) is 0 Å². The number of imidazole rings is 1. The fraction of sp³-hybridized carbons (Fsp3) is 0.500. The molecule has 0 aliphatic heterocycles. The highest BCUT2D eigenvalue weighted by Crippen LogP contribution is 2.37. The molecule has 22 heavy (non-hydrogen) atoms. The van der Waals surface area contributed by atoms with E-state index in [4.69, 9.17) is 20.3 Å². The van der Waals surface area contributed by atoms with Crippen LogP contribution in [0.5, 0.6) is 0 Å². The number of aromatic nitrogens is 4. The van der Waals surface area contributed by atoms with Crippen molar-refractivity contribution in [2.75, 3.05) is 19.0 Å². The van der Waals surface area contributed by atoms with Gasteiger partial charge in [0, 0.05) is 13.5 Å². The molecular formula is C10H16N5O6P. The summed E-state index contributed by atoms with van der Waals surface area (Å²) in [6, 6.07) is 0. The van der Waals surface area contributed by atoms with Gasteiger partial charge in [0.25, 0.3) is 11.5 Å². The predicted octanol–water partition coefficient (Wildman–Crippen LogP) is -1.09. The van der Waals surface area contributed by atoms with Crippen molar-refractivity contribution < 1.29 is 24.2 Å². The quantitative estimate of drug-likeness (QED) is 0.324. The van der Waals surface area contributed by atoms with Gasteiger partial charge in [-0.05, 0) is 6.42 Å². The fourth-order valence-corrected chi connectivity index (χ4v) is 2.59. The second kappa shape index (κ2) is 5.78. The number of aromatic amines is 1. The topological polar surface area (TPSA) is 177 Å². The second-order valence-corrected chi connectivity index (χ2v) is 6.45. The number of fused-ring (bicyclic) bond motifs is 1.